The van der Waals surface area contributed by atoms with Gasteiger partial charge in [-0.25, -0.2) is 9.67 Å². The summed E-state index contributed by atoms with van der Waals surface area (Å²) < 4.78 is 7.67. The van der Waals surface area contributed by atoms with E-state index in [0.717, 1.165) is 48.2 Å². The van der Waals surface area contributed by atoms with Gasteiger partial charge in [0, 0.05) is 30.6 Å². The number of carbonyl (C=O) groups is 1. The molecule has 0 saturated carbocycles. The third-order valence-electron chi connectivity index (χ3n) is 5.84. The number of hydrogen-bond donors (Lipinski definition) is 2. The van der Waals surface area contributed by atoms with E-state index in [1.807, 2.05) is 28.9 Å². The summed E-state index contributed by atoms with van der Waals surface area (Å²) in [4.78, 5) is 17.3. The second-order valence-corrected chi connectivity index (χ2v) is 7.66. The van der Waals surface area contributed by atoms with E-state index < -0.39 is 6.10 Å². The summed E-state index contributed by atoms with van der Waals surface area (Å²) in [7, 11) is 0. The molecule has 0 unspecified atom stereocenters. The maximum atomic E-state index is 12.7. The van der Waals surface area contributed by atoms with Crippen LogP contribution in [-0.4, -0.2) is 46.9 Å². The number of fused-ring (bicyclic) bond motifs is 2. The molecule has 2 aliphatic heterocycles. The maximum Gasteiger partial charge on any atom is 0.253 e. The molecule has 0 aliphatic carbocycles. The minimum atomic E-state index is -0.535. The van der Waals surface area contributed by atoms with Crippen molar-refractivity contribution < 1.29 is 9.53 Å². The van der Waals surface area contributed by atoms with Crippen molar-refractivity contribution in [2.45, 2.75) is 31.4 Å². The van der Waals surface area contributed by atoms with E-state index in [2.05, 4.69) is 27.8 Å². The van der Waals surface area contributed by atoms with Gasteiger partial charge in [-0.05, 0) is 42.6 Å². The molecule has 150 valence electrons. The van der Waals surface area contributed by atoms with E-state index >= 15 is 0 Å². The summed E-state index contributed by atoms with van der Waals surface area (Å²) in [5.74, 6) is 0.325. The van der Waals surface area contributed by atoms with Crippen molar-refractivity contribution in [3.05, 3.63) is 59.4 Å². The fourth-order valence-corrected chi connectivity index (χ4v) is 4.37. The fourth-order valence-electron chi connectivity index (χ4n) is 4.37. The molecule has 4 heterocycles. The minimum absolute atomic E-state index is 0.0956. The molecule has 29 heavy (non-hydrogen) atoms. The average Bonchev–Trinajstić information content (AvgIpc) is 3.41. The Bertz CT molecular complexity index is 1020. The second kappa shape index (κ2) is 7.93. The van der Waals surface area contributed by atoms with Gasteiger partial charge < -0.3 is 15.4 Å². The van der Waals surface area contributed by atoms with Crippen LogP contribution in [-0.2, 0) is 22.5 Å². The first kappa shape index (κ1) is 18.3. The average molecular weight is 391 g/mol. The monoisotopic (exact) mass is 391 g/mol. The zero-order valence-corrected chi connectivity index (χ0v) is 16.3. The summed E-state index contributed by atoms with van der Waals surface area (Å²) in [6, 6.07) is 12.1. The molecular formula is C22H25N5O2. The number of amides is 1. The Balaban J connectivity index is 1.29. The number of hydrogen-bond acceptors (Lipinski definition) is 5. The Hall–Kier alpha value is -2.77. The molecule has 0 spiro atoms. The Kier molecular flexibility index (Phi) is 4.99. The van der Waals surface area contributed by atoms with E-state index in [4.69, 9.17) is 9.84 Å². The van der Waals surface area contributed by atoms with Gasteiger partial charge in [-0.15, -0.1) is 0 Å². The highest BCUT2D eigenvalue weighted by Crippen LogP contribution is 2.28. The SMILES string of the molecule is O=C(NCCn1nc([C@@H]2CCNC2)c2cccnc21)[C@@H]1OCCc2ccccc21. The lowest BCUT2D eigenvalue weighted by atomic mass is 9.97. The predicted molar refractivity (Wildman–Crippen MR) is 110 cm³/mol. The van der Waals surface area contributed by atoms with Crippen LogP contribution in [0.4, 0.5) is 0 Å². The molecule has 5 rings (SSSR count). The molecule has 1 saturated heterocycles. The third-order valence-corrected chi connectivity index (χ3v) is 5.84. The Morgan fingerprint density at radius 3 is 3.10 bits per heavy atom. The fraction of sp³-hybridized carbons (Fsp3) is 0.409. The number of aromatic nitrogens is 3. The predicted octanol–water partition coefficient (Wildman–Crippen LogP) is 1.94. The number of nitrogens with zero attached hydrogens (tertiary/aromatic N) is 3. The van der Waals surface area contributed by atoms with Gasteiger partial charge in [0.05, 0.1) is 18.8 Å². The minimum Gasteiger partial charge on any atom is -0.363 e. The van der Waals surface area contributed by atoms with Crippen LogP contribution in [0.2, 0.25) is 0 Å². The topological polar surface area (TPSA) is 81.1 Å². The van der Waals surface area contributed by atoms with E-state index in [1.165, 1.54) is 5.56 Å². The van der Waals surface area contributed by atoms with Gasteiger partial charge in [0.2, 0.25) is 0 Å². The number of rotatable bonds is 5. The molecule has 3 aromatic rings. The van der Waals surface area contributed by atoms with Crippen molar-refractivity contribution in [1.82, 2.24) is 25.4 Å². The number of carbonyl (C=O) groups excluding carboxylic acids is 1. The lowest BCUT2D eigenvalue weighted by Crippen LogP contribution is -2.35. The molecule has 1 amide bonds. The van der Waals surface area contributed by atoms with Gasteiger partial charge in [-0.3, -0.25) is 4.79 Å². The van der Waals surface area contributed by atoms with Crippen molar-refractivity contribution in [2.24, 2.45) is 0 Å². The van der Waals surface area contributed by atoms with Gasteiger partial charge in [0.1, 0.15) is 0 Å². The molecule has 2 N–H and O–H groups in total. The standard InChI is InChI=1S/C22H25N5O2/c28-22(20-17-5-2-1-4-15(17)8-13-29-20)25-11-12-27-21-18(6-3-9-24-21)19(26-27)16-7-10-23-14-16/h1-6,9,16,20,23H,7-8,10-14H2,(H,25,28)/t16-,20-/m1/s1. The quantitative estimate of drug-likeness (QED) is 0.695. The highest BCUT2D eigenvalue weighted by molar-refractivity contribution is 5.83. The van der Waals surface area contributed by atoms with Crippen molar-refractivity contribution in [3.63, 3.8) is 0 Å². The summed E-state index contributed by atoms with van der Waals surface area (Å²) in [6.45, 7) is 3.61. The van der Waals surface area contributed by atoms with E-state index in [0.29, 0.717) is 25.6 Å². The van der Waals surface area contributed by atoms with E-state index in [9.17, 15) is 4.79 Å². The van der Waals surface area contributed by atoms with Crippen molar-refractivity contribution in [3.8, 4) is 0 Å². The molecule has 7 heteroatoms. The lowest BCUT2D eigenvalue weighted by Gasteiger charge is -2.25. The molecule has 1 fully saturated rings. The van der Waals surface area contributed by atoms with Gasteiger partial charge in [-0.2, -0.15) is 5.10 Å². The molecule has 2 aromatic heterocycles. The summed E-state index contributed by atoms with van der Waals surface area (Å²) in [5.41, 5.74) is 4.14. The van der Waals surface area contributed by atoms with Crippen LogP contribution in [0.15, 0.2) is 42.6 Å². The molecular weight excluding hydrogens is 366 g/mol. The van der Waals surface area contributed by atoms with E-state index in [1.54, 1.807) is 6.20 Å². The van der Waals surface area contributed by atoms with Gasteiger partial charge in [-0.1, -0.05) is 24.3 Å². The number of ether oxygens (including phenoxy) is 1. The van der Waals surface area contributed by atoms with E-state index in [-0.39, 0.29) is 5.91 Å². The van der Waals surface area contributed by atoms with Crippen LogP contribution in [0.3, 0.4) is 0 Å². The maximum absolute atomic E-state index is 12.7. The lowest BCUT2D eigenvalue weighted by molar-refractivity contribution is -0.134. The van der Waals surface area contributed by atoms with Gasteiger partial charge in [0.15, 0.2) is 11.8 Å². The van der Waals surface area contributed by atoms with Crippen LogP contribution >= 0.6 is 0 Å². The second-order valence-electron chi connectivity index (χ2n) is 7.66. The largest absolute Gasteiger partial charge is 0.363 e. The summed E-state index contributed by atoms with van der Waals surface area (Å²) in [6.07, 6.45) is 3.20. The van der Waals surface area contributed by atoms with Gasteiger partial charge in [0.25, 0.3) is 5.91 Å². The molecule has 1 aromatic carbocycles. The molecule has 2 aliphatic rings. The molecule has 0 radical (unpaired) electrons. The summed E-state index contributed by atoms with van der Waals surface area (Å²) >= 11 is 0. The third kappa shape index (κ3) is 3.52. The molecule has 0 bridgehead atoms. The number of benzene rings is 1. The zero-order valence-electron chi connectivity index (χ0n) is 16.3. The molecule has 7 nitrogen and oxygen atoms in total. The first-order valence-corrected chi connectivity index (χ1v) is 10.3. The van der Waals surface area contributed by atoms with Crippen LogP contribution in [0.25, 0.3) is 11.0 Å². The van der Waals surface area contributed by atoms with Crippen LogP contribution < -0.4 is 10.6 Å². The normalized spacial score (nSPS) is 21.2. The van der Waals surface area contributed by atoms with Crippen LogP contribution in [0.1, 0.15) is 35.3 Å². The Morgan fingerprint density at radius 2 is 2.21 bits per heavy atom. The smallest absolute Gasteiger partial charge is 0.253 e. The Labute approximate surface area is 169 Å². The van der Waals surface area contributed by atoms with Crippen molar-refractivity contribution >= 4 is 16.9 Å². The zero-order chi connectivity index (χ0) is 19.6. The van der Waals surface area contributed by atoms with Crippen LogP contribution in [0.5, 0.6) is 0 Å². The highest BCUT2D eigenvalue weighted by Gasteiger charge is 2.27. The van der Waals surface area contributed by atoms with Crippen molar-refractivity contribution in [2.75, 3.05) is 26.2 Å². The number of nitrogens with one attached hydrogen (secondary N) is 2. The van der Waals surface area contributed by atoms with Gasteiger partial charge >= 0.3 is 0 Å². The molecule has 2 atom stereocenters. The Morgan fingerprint density at radius 1 is 1.28 bits per heavy atom. The first-order chi connectivity index (χ1) is 14.3. The first-order valence-electron chi connectivity index (χ1n) is 10.3. The number of pyridine rings is 1. The van der Waals surface area contributed by atoms with Crippen LogP contribution in [0, 0.1) is 0 Å². The highest BCUT2D eigenvalue weighted by atomic mass is 16.5. The van der Waals surface area contributed by atoms with Crippen molar-refractivity contribution in [1.29, 1.82) is 0 Å². The summed E-state index contributed by atoms with van der Waals surface area (Å²) in [5, 5.41) is 12.4.